The zero-order valence-electron chi connectivity index (χ0n) is 18.0. The normalized spacial score (nSPS) is 12.1. The first-order valence-electron chi connectivity index (χ1n) is 10.5. The van der Waals surface area contributed by atoms with E-state index in [2.05, 4.69) is 17.1 Å². The third-order valence-electron chi connectivity index (χ3n) is 4.93. The Hall–Kier alpha value is -2.93. The van der Waals surface area contributed by atoms with Gasteiger partial charge in [0.25, 0.3) is 0 Å². The number of hydrogen-bond acceptors (Lipinski definition) is 5. The first kappa shape index (κ1) is 21.8. The van der Waals surface area contributed by atoms with E-state index in [1.807, 2.05) is 66.8 Å². The van der Waals surface area contributed by atoms with Crippen LogP contribution < -0.4 is 0 Å². The van der Waals surface area contributed by atoms with Gasteiger partial charge >= 0.3 is 6.09 Å². The Labute approximate surface area is 177 Å². The SMILES string of the molecule is CCCN(CC)C(=O)OCc1cccc2nnc(C(C)COCc3ccccc3)n12. The van der Waals surface area contributed by atoms with E-state index in [1.165, 1.54) is 0 Å². The fraction of sp³-hybridized carbons (Fsp3) is 0.435. The number of carbonyl (C=O) groups excluding carboxylic acids is 1. The van der Waals surface area contributed by atoms with Crippen LogP contribution in [-0.2, 0) is 22.7 Å². The summed E-state index contributed by atoms with van der Waals surface area (Å²) < 4.78 is 13.4. The summed E-state index contributed by atoms with van der Waals surface area (Å²) in [5.74, 6) is 0.832. The quantitative estimate of drug-likeness (QED) is 0.495. The molecule has 160 valence electrons. The maximum atomic E-state index is 12.3. The highest BCUT2D eigenvalue weighted by Crippen LogP contribution is 2.19. The van der Waals surface area contributed by atoms with E-state index in [0.29, 0.717) is 26.3 Å². The van der Waals surface area contributed by atoms with Crippen LogP contribution in [0.25, 0.3) is 5.65 Å². The van der Waals surface area contributed by atoms with Gasteiger partial charge in [0, 0.05) is 19.0 Å². The van der Waals surface area contributed by atoms with Crippen LogP contribution >= 0.6 is 0 Å². The summed E-state index contributed by atoms with van der Waals surface area (Å²) in [7, 11) is 0. The van der Waals surface area contributed by atoms with Gasteiger partial charge in [-0.1, -0.05) is 50.2 Å². The molecule has 0 aliphatic carbocycles. The molecule has 0 bridgehead atoms. The second kappa shape index (κ2) is 10.7. The molecule has 2 aromatic heterocycles. The Morgan fingerprint density at radius 1 is 1.07 bits per heavy atom. The fourth-order valence-electron chi connectivity index (χ4n) is 3.34. The molecule has 1 amide bonds. The van der Waals surface area contributed by atoms with Crippen LogP contribution in [0, 0.1) is 0 Å². The van der Waals surface area contributed by atoms with Gasteiger partial charge in [-0.3, -0.25) is 4.40 Å². The maximum Gasteiger partial charge on any atom is 0.410 e. The number of aromatic nitrogens is 3. The van der Waals surface area contributed by atoms with E-state index < -0.39 is 0 Å². The summed E-state index contributed by atoms with van der Waals surface area (Å²) >= 11 is 0. The molecule has 3 aromatic rings. The molecule has 30 heavy (non-hydrogen) atoms. The molecule has 0 fully saturated rings. The van der Waals surface area contributed by atoms with Crippen molar-refractivity contribution in [2.24, 2.45) is 0 Å². The van der Waals surface area contributed by atoms with Gasteiger partial charge in [0.1, 0.15) is 12.4 Å². The van der Waals surface area contributed by atoms with E-state index in [4.69, 9.17) is 9.47 Å². The maximum absolute atomic E-state index is 12.3. The van der Waals surface area contributed by atoms with E-state index in [9.17, 15) is 4.79 Å². The Morgan fingerprint density at radius 3 is 2.60 bits per heavy atom. The molecule has 7 heteroatoms. The number of benzene rings is 1. The molecule has 0 saturated carbocycles. The topological polar surface area (TPSA) is 69.0 Å². The van der Waals surface area contributed by atoms with E-state index in [0.717, 1.165) is 29.1 Å². The lowest BCUT2D eigenvalue weighted by Crippen LogP contribution is -2.32. The molecule has 7 nitrogen and oxygen atoms in total. The molecule has 0 N–H and O–H groups in total. The van der Waals surface area contributed by atoms with Gasteiger partial charge < -0.3 is 14.4 Å². The number of fused-ring (bicyclic) bond motifs is 1. The number of nitrogens with zero attached hydrogens (tertiary/aromatic N) is 4. The lowest BCUT2D eigenvalue weighted by Gasteiger charge is -2.20. The number of amides is 1. The average Bonchev–Trinajstić information content (AvgIpc) is 3.21. The Balaban J connectivity index is 1.68. The van der Waals surface area contributed by atoms with Crippen molar-refractivity contribution in [3.63, 3.8) is 0 Å². The molecule has 1 atom stereocenters. The third-order valence-corrected chi connectivity index (χ3v) is 4.93. The van der Waals surface area contributed by atoms with Crippen molar-refractivity contribution >= 4 is 11.7 Å². The third kappa shape index (κ3) is 5.36. The molecular weight excluding hydrogens is 380 g/mol. The standard InChI is InChI=1S/C23H30N4O3/c1-4-14-26(5-2)23(28)30-17-20-12-9-13-21-24-25-22(27(20)21)18(3)15-29-16-19-10-7-6-8-11-19/h6-13,18H,4-5,14-17H2,1-3H3. The fourth-order valence-corrected chi connectivity index (χ4v) is 3.34. The van der Waals surface area contributed by atoms with E-state index in [-0.39, 0.29) is 18.6 Å². The number of carbonyl (C=O) groups is 1. The molecule has 0 aliphatic heterocycles. The first-order valence-corrected chi connectivity index (χ1v) is 10.5. The minimum atomic E-state index is -0.301. The highest BCUT2D eigenvalue weighted by molar-refractivity contribution is 5.67. The van der Waals surface area contributed by atoms with Crippen molar-refractivity contribution in [2.45, 2.75) is 46.3 Å². The summed E-state index contributed by atoms with van der Waals surface area (Å²) in [4.78, 5) is 14.1. The first-order chi connectivity index (χ1) is 14.6. The van der Waals surface area contributed by atoms with Gasteiger partial charge in [-0.05, 0) is 31.0 Å². The molecule has 1 aromatic carbocycles. The van der Waals surface area contributed by atoms with Crippen molar-refractivity contribution in [3.8, 4) is 0 Å². The number of rotatable bonds is 10. The largest absolute Gasteiger partial charge is 0.443 e. The van der Waals surface area contributed by atoms with Crippen LogP contribution in [-0.4, -0.2) is 45.3 Å². The van der Waals surface area contributed by atoms with Gasteiger partial charge in [-0.25, -0.2) is 4.79 Å². The minimum Gasteiger partial charge on any atom is -0.443 e. The zero-order valence-corrected chi connectivity index (χ0v) is 18.0. The van der Waals surface area contributed by atoms with E-state index >= 15 is 0 Å². The van der Waals surface area contributed by atoms with Crippen LogP contribution in [0.1, 0.15) is 50.2 Å². The van der Waals surface area contributed by atoms with Crippen LogP contribution in [0.4, 0.5) is 4.79 Å². The number of pyridine rings is 1. The van der Waals surface area contributed by atoms with Crippen LogP contribution in [0.2, 0.25) is 0 Å². The highest BCUT2D eigenvalue weighted by atomic mass is 16.6. The predicted molar refractivity (Wildman–Crippen MR) is 115 cm³/mol. The summed E-state index contributed by atoms with van der Waals surface area (Å²) in [5.41, 5.74) is 2.70. The predicted octanol–water partition coefficient (Wildman–Crippen LogP) is 4.42. The molecule has 0 aliphatic rings. The van der Waals surface area contributed by atoms with Crippen molar-refractivity contribution in [1.82, 2.24) is 19.5 Å². The second-order valence-electron chi connectivity index (χ2n) is 7.30. The summed E-state index contributed by atoms with van der Waals surface area (Å²) in [5, 5.41) is 8.65. The second-order valence-corrected chi connectivity index (χ2v) is 7.30. The van der Waals surface area contributed by atoms with Crippen LogP contribution in [0.3, 0.4) is 0 Å². The number of hydrogen-bond donors (Lipinski definition) is 0. The molecular formula is C23H30N4O3. The molecule has 3 rings (SSSR count). The Morgan fingerprint density at radius 2 is 1.87 bits per heavy atom. The lowest BCUT2D eigenvalue weighted by molar-refractivity contribution is 0.0959. The monoisotopic (exact) mass is 410 g/mol. The highest BCUT2D eigenvalue weighted by Gasteiger charge is 2.18. The summed E-state index contributed by atoms with van der Waals surface area (Å²) in [6, 6.07) is 15.8. The Kier molecular flexibility index (Phi) is 7.79. The smallest absolute Gasteiger partial charge is 0.410 e. The zero-order chi connectivity index (χ0) is 21.3. The Bertz CT molecular complexity index is 942. The number of ether oxygens (including phenoxy) is 2. The summed E-state index contributed by atoms with van der Waals surface area (Å²) in [6.07, 6.45) is 0.597. The minimum absolute atomic E-state index is 0.0350. The van der Waals surface area contributed by atoms with Gasteiger partial charge in [0.15, 0.2) is 5.65 Å². The summed E-state index contributed by atoms with van der Waals surface area (Å²) in [6.45, 7) is 8.61. The molecule has 0 spiro atoms. The van der Waals surface area contributed by atoms with Crippen molar-refractivity contribution in [1.29, 1.82) is 0 Å². The molecule has 0 saturated heterocycles. The lowest BCUT2D eigenvalue weighted by atomic mass is 10.2. The van der Waals surface area contributed by atoms with Gasteiger partial charge in [0.2, 0.25) is 0 Å². The molecule has 2 heterocycles. The van der Waals surface area contributed by atoms with Crippen LogP contribution in [0.15, 0.2) is 48.5 Å². The van der Waals surface area contributed by atoms with Crippen molar-refractivity contribution in [2.75, 3.05) is 19.7 Å². The van der Waals surface area contributed by atoms with Crippen molar-refractivity contribution in [3.05, 3.63) is 65.6 Å². The van der Waals surface area contributed by atoms with Crippen molar-refractivity contribution < 1.29 is 14.3 Å². The molecule has 0 radical (unpaired) electrons. The van der Waals surface area contributed by atoms with Gasteiger partial charge in [-0.2, -0.15) is 0 Å². The van der Waals surface area contributed by atoms with Crippen LogP contribution in [0.5, 0.6) is 0 Å². The molecule has 1 unspecified atom stereocenters. The van der Waals surface area contributed by atoms with Gasteiger partial charge in [-0.15, -0.1) is 10.2 Å². The van der Waals surface area contributed by atoms with Gasteiger partial charge in [0.05, 0.1) is 18.9 Å². The van der Waals surface area contributed by atoms with E-state index in [1.54, 1.807) is 4.90 Å². The average molecular weight is 411 g/mol.